The molecule has 0 unspecified atom stereocenters. The Morgan fingerprint density at radius 1 is 1.00 bits per heavy atom. The van der Waals surface area contributed by atoms with Gasteiger partial charge in [0.25, 0.3) is 15.9 Å². The molecule has 0 aliphatic carbocycles. The molecular formula is C24H25N3O4S. The second-order valence-electron chi connectivity index (χ2n) is 7.47. The van der Waals surface area contributed by atoms with E-state index in [0.29, 0.717) is 11.3 Å². The van der Waals surface area contributed by atoms with Gasteiger partial charge in [-0.25, -0.2) is 13.8 Å². The number of aromatic hydroxyl groups is 1. The fourth-order valence-electron chi connectivity index (χ4n) is 3.06. The number of carbonyl (C=O) groups is 1. The van der Waals surface area contributed by atoms with Gasteiger partial charge < -0.3 is 5.11 Å². The average Bonchev–Trinajstić information content (AvgIpc) is 2.75. The number of para-hydroxylation sites is 1. The number of amides is 1. The van der Waals surface area contributed by atoms with Crippen molar-refractivity contribution in [3.05, 3.63) is 89.0 Å². The maximum Gasteiger partial charge on any atom is 0.264 e. The van der Waals surface area contributed by atoms with Gasteiger partial charge >= 0.3 is 0 Å². The number of hydrogen-bond donors (Lipinski definition) is 2. The second kappa shape index (κ2) is 9.65. The highest BCUT2D eigenvalue weighted by Crippen LogP contribution is 2.28. The molecule has 0 spiro atoms. The highest BCUT2D eigenvalue weighted by molar-refractivity contribution is 7.92. The van der Waals surface area contributed by atoms with Gasteiger partial charge in [-0.3, -0.25) is 9.10 Å². The summed E-state index contributed by atoms with van der Waals surface area (Å²) in [6, 6.07) is 18.4. The minimum atomic E-state index is -4.01. The van der Waals surface area contributed by atoms with Crippen LogP contribution in [0.5, 0.6) is 5.75 Å². The SMILES string of the molecule is Cc1ccc(S(=O)(=O)N(CC(=O)N/N=C\c2ccccc2O)c2cc(C)ccc2C)cc1. The first-order chi connectivity index (χ1) is 15.2. The molecule has 0 radical (unpaired) electrons. The van der Waals surface area contributed by atoms with Crippen LogP contribution in [0.4, 0.5) is 5.69 Å². The number of nitrogens with one attached hydrogen (secondary N) is 1. The van der Waals surface area contributed by atoms with Gasteiger partial charge in [-0.15, -0.1) is 0 Å². The number of rotatable bonds is 7. The molecule has 0 saturated heterocycles. The average molecular weight is 452 g/mol. The Labute approximate surface area is 188 Å². The van der Waals surface area contributed by atoms with Crippen LogP contribution in [-0.4, -0.2) is 32.2 Å². The van der Waals surface area contributed by atoms with Crippen LogP contribution in [0.3, 0.4) is 0 Å². The number of anilines is 1. The van der Waals surface area contributed by atoms with E-state index in [4.69, 9.17) is 0 Å². The predicted octanol–water partition coefficient (Wildman–Crippen LogP) is 3.66. The number of hydrogen-bond acceptors (Lipinski definition) is 5. The highest BCUT2D eigenvalue weighted by Gasteiger charge is 2.28. The summed E-state index contributed by atoms with van der Waals surface area (Å²) in [7, 11) is -4.01. The Morgan fingerprint density at radius 3 is 2.34 bits per heavy atom. The predicted molar refractivity (Wildman–Crippen MR) is 125 cm³/mol. The molecular weight excluding hydrogens is 426 g/mol. The lowest BCUT2D eigenvalue weighted by Crippen LogP contribution is -2.40. The number of aryl methyl sites for hydroxylation is 3. The number of nitrogens with zero attached hydrogens (tertiary/aromatic N) is 2. The molecule has 0 bridgehead atoms. The third-order valence-electron chi connectivity index (χ3n) is 4.86. The normalized spacial score (nSPS) is 11.5. The molecule has 7 nitrogen and oxygen atoms in total. The Bertz CT molecular complexity index is 1250. The first-order valence-electron chi connectivity index (χ1n) is 9.95. The van der Waals surface area contributed by atoms with Crippen LogP contribution in [0.25, 0.3) is 0 Å². The maximum absolute atomic E-state index is 13.5. The summed E-state index contributed by atoms with van der Waals surface area (Å²) in [5.74, 6) is -0.599. The third kappa shape index (κ3) is 5.33. The van der Waals surface area contributed by atoms with E-state index < -0.39 is 22.5 Å². The Morgan fingerprint density at radius 2 is 1.66 bits per heavy atom. The Hall–Kier alpha value is -3.65. The molecule has 3 aromatic rings. The monoisotopic (exact) mass is 451 g/mol. The van der Waals surface area contributed by atoms with Gasteiger partial charge in [-0.2, -0.15) is 5.10 Å². The lowest BCUT2D eigenvalue weighted by Gasteiger charge is -2.25. The molecule has 0 aromatic heterocycles. The number of benzene rings is 3. The van der Waals surface area contributed by atoms with Crippen molar-refractivity contribution in [3.63, 3.8) is 0 Å². The van der Waals surface area contributed by atoms with Crippen LogP contribution in [0.1, 0.15) is 22.3 Å². The number of phenols is 1. The van der Waals surface area contributed by atoms with Gasteiger partial charge in [0, 0.05) is 5.56 Å². The summed E-state index contributed by atoms with van der Waals surface area (Å²) in [6.07, 6.45) is 1.30. The fourth-order valence-corrected chi connectivity index (χ4v) is 4.54. The molecule has 166 valence electrons. The van der Waals surface area contributed by atoms with Gasteiger partial charge in [0.2, 0.25) is 0 Å². The van der Waals surface area contributed by atoms with E-state index in [1.54, 1.807) is 43.3 Å². The maximum atomic E-state index is 13.5. The van der Waals surface area contributed by atoms with Crippen molar-refractivity contribution in [1.29, 1.82) is 0 Å². The molecule has 0 aliphatic rings. The van der Waals surface area contributed by atoms with Gasteiger partial charge in [-0.05, 0) is 62.2 Å². The molecule has 0 fully saturated rings. The van der Waals surface area contributed by atoms with Gasteiger partial charge in [0.1, 0.15) is 12.3 Å². The van der Waals surface area contributed by atoms with Crippen LogP contribution in [0.15, 0.2) is 76.7 Å². The summed E-state index contributed by atoms with van der Waals surface area (Å²) in [5, 5.41) is 13.6. The van der Waals surface area contributed by atoms with E-state index in [0.717, 1.165) is 21.0 Å². The zero-order valence-corrected chi connectivity index (χ0v) is 18.9. The largest absolute Gasteiger partial charge is 0.507 e. The molecule has 3 rings (SSSR count). The molecule has 0 atom stereocenters. The molecule has 3 aromatic carbocycles. The first kappa shape index (κ1) is 23.0. The van der Waals surface area contributed by atoms with Crippen LogP contribution >= 0.6 is 0 Å². The molecule has 8 heteroatoms. The van der Waals surface area contributed by atoms with E-state index >= 15 is 0 Å². The van der Waals surface area contributed by atoms with Crippen molar-refractivity contribution in [3.8, 4) is 5.75 Å². The van der Waals surface area contributed by atoms with E-state index in [1.807, 2.05) is 26.0 Å². The van der Waals surface area contributed by atoms with E-state index in [-0.39, 0.29) is 10.6 Å². The van der Waals surface area contributed by atoms with Crippen molar-refractivity contribution in [2.24, 2.45) is 5.10 Å². The number of carbonyl (C=O) groups excluding carboxylic acids is 1. The lowest BCUT2D eigenvalue weighted by atomic mass is 10.1. The summed E-state index contributed by atoms with van der Waals surface area (Å²) in [4.78, 5) is 12.7. The number of sulfonamides is 1. The fraction of sp³-hybridized carbons (Fsp3) is 0.167. The van der Waals surface area contributed by atoms with Crippen molar-refractivity contribution in [2.45, 2.75) is 25.7 Å². The molecule has 2 N–H and O–H groups in total. The van der Waals surface area contributed by atoms with Crippen molar-refractivity contribution in [1.82, 2.24) is 5.43 Å². The standard InChI is InChI=1S/C24H25N3O4S/c1-17-9-12-21(13-10-17)32(30,31)27(22-14-18(2)8-11-19(22)3)16-24(29)26-25-15-20-6-4-5-7-23(20)28/h4-15,28H,16H2,1-3H3,(H,26,29)/b25-15-. The van der Waals surface area contributed by atoms with E-state index in [1.165, 1.54) is 24.4 Å². The van der Waals surface area contributed by atoms with Crippen LogP contribution in [0, 0.1) is 20.8 Å². The Kier molecular flexibility index (Phi) is 6.95. The van der Waals surface area contributed by atoms with Gasteiger partial charge in [-0.1, -0.05) is 42.0 Å². The van der Waals surface area contributed by atoms with Crippen LogP contribution < -0.4 is 9.73 Å². The minimum absolute atomic E-state index is 0.0180. The lowest BCUT2D eigenvalue weighted by molar-refractivity contribution is -0.119. The van der Waals surface area contributed by atoms with Gasteiger partial charge in [0.05, 0.1) is 16.8 Å². The smallest absolute Gasteiger partial charge is 0.264 e. The van der Waals surface area contributed by atoms with Crippen molar-refractivity contribution >= 4 is 27.8 Å². The number of hydrazone groups is 1. The van der Waals surface area contributed by atoms with E-state index in [2.05, 4.69) is 10.5 Å². The quantitative estimate of drug-likeness (QED) is 0.423. The van der Waals surface area contributed by atoms with Crippen LogP contribution in [0.2, 0.25) is 0 Å². The molecule has 1 amide bonds. The molecule has 32 heavy (non-hydrogen) atoms. The highest BCUT2D eigenvalue weighted by atomic mass is 32.2. The first-order valence-corrected chi connectivity index (χ1v) is 11.4. The summed E-state index contributed by atoms with van der Waals surface area (Å²) >= 11 is 0. The zero-order chi connectivity index (χ0) is 23.3. The second-order valence-corrected chi connectivity index (χ2v) is 9.33. The molecule has 0 aliphatic heterocycles. The molecule has 0 heterocycles. The third-order valence-corrected chi connectivity index (χ3v) is 6.63. The van der Waals surface area contributed by atoms with E-state index in [9.17, 15) is 18.3 Å². The molecule has 0 saturated carbocycles. The topological polar surface area (TPSA) is 99.1 Å². The van der Waals surface area contributed by atoms with Gasteiger partial charge in [0.15, 0.2) is 0 Å². The summed E-state index contributed by atoms with van der Waals surface area (Å²) < 4.78 is 28.0. The summed E-state index contributed by atoms with van der Waals surface area (Å²) in [5.41, 5.74) is 5.70. The van der Waals surface area contributed by atoms with Crippen molar-refractivity contribution in [2.75, 3.05) is 10.8 Å². The van der Waals surface area contributed by atoms with Crippen LogP contribution in [-0.2, 0) is 14.8 Å². The number of phenolic OH excluding ortho intramolecular Hbond substituents is 1. The minimum Gasteiger partial charge on any atom is -0.507 e. The zero-order valence-electron chi connectivity index (χ0n) is 18.1. The Balaban J connectivity index is 1.91. The van der Waals surface area contributed by atoms with Crippen molar-refractivity contribution < 1.29 is 18.3 Å². The summed E-state index contributed by atoms with van der Waals surface area (Å²) in [6.45, 7) is 5.06.